The summed E-state index contributed by atoms with van der Waals surface area (Å²) in [5, 5.41) is 7.94. The SMILES string of the molecule is CC[C@H]1C[C@@H](Nc2ncncc2C(=O)c2ccn(Cc3cccc(N)c3)n2)[C@@H]2OC(C)(C)O[C@H]12. The van der Waals surface area contributed by atoms with Crippen molar-refractivity contribution < 1.29 is 14.3 Å². The van der Waals surface area contributed by atoms with Crippen LogP contribution in [-0.4, -0.2) is 49.6 Å². The summed E-state index contributed by atoms with van der Waals surface area (Å²) in [4.78, 5) is 21.8. The van der Waals surface area contributed by atoms with Crippen molar-refractivity contribution in [3.8, 4) is 0 Å². The molecule has 4 atom stereocenters. The maximum Gasteiger partial charge on any atom is 0.218 e. The van der Waals surface area contributed by atoms with Crippen LogP contribution >= 0.6 is 0 Å². The fourth-order valence-electron chi connectivity index (χ4n) is 5.00. The molecule has 1 aromatic carbocycles. The van der Waals surface area contributed by atoms with E-state index in [0.717, 1.165) is 18.4 Å². The van der Waals surface area contributed by atoms with Gasteiger partial charge >= 0.3 is 0 Å². The van der Waals surface area contributed by atoms with Crippen LogP contribution in [0.5, 0.6) is 0 Å². The molecule has 0 unspecified atom stereocenters. The van der Waals surface area contributed by atoms with Crippen LogP contribution in [0.2, 0.25) is 0 Å². The zero-order chi connectivity index (χ0) is 23.9. The van der Waals surface area contributed by atoms with Crippen LogP contribution in [0, 0.1) is 5.92 Å². The zero-order valence-electron chi connectivity index (χ0n) is 19.6. The fourth-order valence-corrected chi connectivity index (χ4v) is 5.00. The second-order valence-electron chi connectivity index (χ2n) is 9.48. The van der Waals surface area contributed by atoms with Crippen LogP contribution in [-0.2, 0) is 16.0 Å². The van der Waals surface area contributed by atoms with Gasteiger partial charge in [-0.3, -0.25) is 9.48 Å². The van der Waals surface area contributed by atoms with Gasteiger partial charge in [0.2, 0.25) is 5.78 Å². The van der Waals surface area contributed by atoms with Gasteiger partial charge in [0, 0.05) is 18.1 Å². The number of hydrogen-bond acceptors (Lipinski definition) is 8. The molecule has 1 aliphatic heterocycles. The highest BCUT2D eigenvalue weighted by molar-refractivity contribution is 6.10. The summed E-state index contributed by atoms with van der Waals surface area (Å²) in [6, 6.07) is 9.30. The van der Waals surface area contributed by atoms with Crippen LogP contribution in [0.25, 0.3) is 0 Å². The van der Waals surface area contributed by atoms with Crippen molar-refractivity contribution in [3.63, 3.8) is 0 Å². The van der Waals surface area contributed by atoms with Gasteiger partial charge < -0.3 is 20.5 Å². The van der Waals surface area contributed by atoms with Crippen molar-refractivity contribution in [2.24, 2.45) is 5.92 Å². The number of aromatic nitrogens is 4. The second kappa shape index (κ2) is 8.81. The van der Waals surface area contributed by atoms with Crippen LogP contribution < -0.4 is 11.1 Å². The predicted molar refractivity (Wildman–Crippen MR) is 127 cm³/mol. The van der Waals surface area contributed by atoms with Crippen molar-refractivity contribution in [1.29, 1.82) is 0 Å². The van der Waals surface area contributed by atoms with E-state index in [0.29, 0.717) is 35.2 Å². The molecule has 2 aliphatic rings. The Morgan fingerprint density at radius 1 is 1.26 bits per heavy atom. The number of nitrogens with one attached hydrogen (secondary N) is 1. The quantitative estimate of drug-likeness (QED) is 0.406. The molecule has 2 aromatic heterocycles. The number of rotatable bonds is 7. The lowest BCUT2D eigenvalue weighted by atomic mass is 10.0. The third-order valence-electron chi connectivity index (χ3n) is 6.55. The fraction of sp³-hybridized carbons (Fsp3) is 0.440. The lowest BCUT2D eigenvalue weighted by Crippen LogP contribution is -2.35. The Labute approximate surface area is 198 Å². The zero-order valence-corrected chi connectivity index (χ0v) is 19.6. The first-order valence-electron chi connectivity index (χ1n) is 11.7. The number of carbonyl (C=O) groups excluding carboxylic acids is 1. The molecule has 0 amide bonds. The number of nitrogens with zero attached hydrogens (tertiary/aromatic N) is 4. The van der Waals surface area contributed by atoms with Crippen molar-refractivity contribution in [2.45, 2.75) is 64.2 Å². The Morgan fingerprint density at radius 3 is 2.88 bits per heavy atom. The minimum absolute atomic E-state index is 0.0146. The van der Waals surface area contributed by atoms with Crippen LogP contribution in [0.1, 0.15) is 55.2 Å². The molecule has 5 rings (SSSR count). The Balaban J connectivity index is 1.34. The monoisotopic (exact) mass is 462 g/mol. The minimum Gasteiger partial charge on any atom is -0.399 e. The van der Waals surface area contributed by atoms with Gasteiger partial charge in [-0.2, -0.15) is 5.10 Å². The number of ketones is 1. The van der Waals surface area contributed by atoms with E-state index in [1.54, 1.807) is 16.9 Å². The van der Waals surface area contributed by atoms with Crippen molar-refractivity contribution in [2.75, 3.05) is 11.1 Å². The first kappa shape index (κ1) is 22.5. The van der Waals surface area contributed by atoms with Crippen LogP contribution in [0.3, 0.4) is 0 Å². The van der Waals surface area contributed by atoms with Gasteiger partial charge in [0.25, 0.3) is 0 Å². The predicted octanol–water partition coefficient (Wildman–Crippen LogP) is 3.27. The molecule has 0 bridgehead atoms. The van der Waals surface area contributed by atoms with E-state index in [-0.39, 0.29) is 24.0 Å². The summed E-state index contributed by atoms with van der Waals surface area (Å²) < 4.78 is 14.1. The molecule has 1 saturated carbocycles. The summed E-state index contributed by atoms with van der Waals surface area (Å²) in [6.07, 6.45) is 6.57. The number of benzene rings is 1. The topological polar surface area (TPSA) is 117 Å². The number of hydrogen-bond donors (Lipinski definition) is 2. The molecule has 34 heavy (non-hydrogen) atoms. The maximum absolute atomic E-state index is 13.3. The Kier molecular flexibility index (Phi) is 5.83. The van der Waals surface area contributed by atoms with Crippen molar-refractivity contribution in [1.82, 2.24) is 19.7 Å². The highest BCUT2D eigenvalue weighted by Crippen LogP contribution is 2.43. The summed E-state index contributed by atoms with van der Waals surface area (Å²) in [6.45, 7) is 6.56. The van der Waals surface area contributed by atoms with E-state index in [1.165, 1.54) is 12.5 Å². The van der Waals surface area contributed by atoms with Gasteiger partial charge in [-0.25, -0.2) is 9.97 Å². The number of ether oxygens (including phenoxy) is 2. The molecule has 1 saturated heterocycles. The van der Waals surface area contributed by atoms with Gasteiger partial charge in [0.05, 0.1) is 24.3 Å². The Hall–Kier alpha value is -3.30. The van der Waals surface area contributed by atoms with E-state index in [2.05, 4.69) is 27.3 Å². The van der Waals surface area contributed by atoms with Gasteiger partial charge in [0.15, 0.2) is 5.79 Å². The normalized spacial score (nSPS) is 25.3. The largest absolute Gasteiger partial charge is 0.399 e. The summed E-state index contributed by atoms with van der Waals surface area (Å²) in [5.74, 6) is 0.0102. The highest BCUT2D eigenvalue weighted by Gasteiger charge is 2.53. The molecular weight excluding hydrogens is 432 g/mol. The molecule has 0 spiro atoms. The van der Waals surface area contributed by atoms with Gasteiger partial charge in [-0.05, 0) is 49.9 Å². The average Bonchev–Trinajstić information content (AvgIpc) is 3.47. The first-order valence-corrected chi connectivity index (χ1v) is 11.7. The van der Waals surface area contributed by atoms with E-state index in [9.17, 15) is 4.79 Å². The number of carbonyl (C=O) groups is 1. The smallest absolute Gasteiger partial charge is 0.218 e. The standard InChI is InChI=1S/C25H30N6O3/c1-4-16-11-20(23-22(16)33-25(2,3)34-23)29-24-18(12-27-14-28-24)21(32)19-8-9-31(30-19)13-15-6-5-7-17(26)10-15/h5-10,12,14,16,20,22-23H,4,11,13,26H2,1-3H3,(H,27,28,29)/t16-,20+,22+,23-/m0/s1. The van der Waals surface area contributed by atoms with E-state index >= 15 is 0 Å². The molecule has 3 N–H and O–H groups in total. The summed E-state index contributed by atoms with van der Waals surface area (Å²) in [7, 11) is 0. The Morgan fingerprint density at radius 2 is 2.09 bits per heavy atom. The third-order valence-corrected chi connectivity index (χ3v) is 6.55. The second-order valence-corrected chi connectivity index (χ2v) is 9.48. The average molecular weight is 463 g/mol. The van der Waals surface area contributed by atoms with E-state index in [4.69, 9.17) is 15.2 Å². The lowest BCUT2D eigenvalue weighted by molar-refractivity contribution is -0.157. The lowest BCUT2D eigenvalue weighted by Gasteiger charge is -2.24. The molecule has 178 valence electrons. The number of nitrogen functional groups attached to an aromatic ring is 1. The third kappa shape index (κ3) is 4.41. The van der Waals surface area contributed by atoms with E-state index < -0.39 is 5.79 Å². The first-order chi connectivity index (χ1) is 16.3. The molecule has 3 heterocycles. The molecule has 9 heteroatoms. The number of nitrogens with two attached hydrogens (primary N) is 1. The molecule has 2 fully saturated rings. The van der Waals surface area contributed by atoms with E-state index in [1.807, 2.05) is 38.1 Å². The van der Waals surface area contributed by atoms with Crippen LogP contribution in [0.4, 0.5) is 11.5 Å². The van der Waals surface area contributed by atoms with Crippen LogP contribution in [0.15, 0.2) is 49.1 Å². The minimum atomic E-state index is -0.621. The molecule has 9 nitrogen and oxygen atoms in total. The molecule has 1 aliphatic carbocycles. The summed E-state index contributed by atoms with van der Waals surface area (Å²) >= 11 is 0. The number of anilines is 2. The van der Waals surface area contributed by atoms with Gasteiger partial charge in [-0.1, -0.05) is 25.5 Å². The summed E-state index contributed by atoms with van der Waals surface area (Å²) in [5.41, 5.74) is 8.28. The molecule has 0 radical (unpaired) electrons. The molecular formula is C25H30N6O3. The van der Waals surface area contributed by atoms with Crippen molar-refractivity contribution in [3.05, 3.63) is 65.9 Å². The van der Waals surface area contributed by atoms with Gasteiger partial charge in [-0.15, -0.1) is 0 Å². The maximum atomic E-state index is 13.3. The Bertz CT molecular complexity index is 1190. The highest BCUT2D eigenvalue weighted by atomic mass is 16.8. The molecule has 3 aromatic rings. The number of fused-ring (bicyclic) bond motifs is 1. The van der Waals surface area contributed by atoms with Crippen molar-refractivity contribution >= 4 is 17.3 Å². The van der Waals surface area contributed by atoms with Gasteiger partial charge in [0.1, 0.15) is 23.9 Å².